The fraction of sp³-hybridized carbons (Fsp3) is 0.619. The molecule has 0 aliphatic heterocycles. The van der Waals surface area contributed by atoms with E-state index in [9.17, 15) is 9.59 Å². The van der Waals surface area contributed by atoms with E-state index in [1.165, 1.54) is 19.3 Å². The van der Waals surface area contributed by atoms with Crippen molar-refractivity contribution < 1.29 is 28.5 Å². The average Bonchev–Trinajstić information content (AvgIpc) is 3.33. The van der Waals surface area contributed by atoms with Crippen molar-refractivity contribution in [3.05, 3.63) is 17.7 Å². The van der Waals surface area contributed by atoms with E-state index in [1.54, 1.807) is 33.5 Å². The summed E-state index contributed by atoms with van der Waals surface area (Å²) in [5.74, 6) is 2.94. The minimum Gasteiger partial charge on any atom is -0.496 e. The molecule has 2 saturated carbocycles. The second kappa shape index (κ2) is 9.17. The number of hydrogen-bond donors (Lipinski definition) is 1. The number of esters is 1. The fourth-order valence-electron chi connectivity index (χ4n) is 4.52. The van der Waals surface area contributed by atoms with Crippen LogP contribution in [0.15, 0.2) is 12.1 Å². The zero-order valence-corrected chi connectivity index (χ0v) is 16.8. The van der Waals surface area contributed by atoms with E-state index < -0.39 is 0 Å². The lowest BCUT2D eigenvalue weighted by atomic mass is 9.86. The Morgan fingerprint density at radius 1 is 1.00 bits per heavy atom. The van der Waals surface area contributed by atoms with Crippen molar-refractivity contribution in [3.8, 4) is 17.2 Å². The Morgan fingerprint density at radius 2 is 1.71 bits per heavy atom. The van der Waals surface area contributed by atoms with Gasteiger partial charge in [0, 0.05) is 24.6 Å². The highest BCUT2D eigenvalue weighted by molar-refractivity contribution is 5.80. The van der Waals surface area contributed by atoms with Crippen LogP contribution in [0, 0.1) is 17.8 Å². The molecular formula is C21H29NO6. The van der Waals surface area contributed by atoms with Gasteiger partial charge >= 0.3 is 5.97 Å². The molecule has 2 bridgehead atoms. The standard InChI is InChI=1S/C21H29NO6/c1-25-17-10-19(27-3)18(26-2)8-16(17)11-22-20(23)12-28-21(24)9-15-7-13-4-5-14(15)6-13/h8,10,13-15H,4-7,9,11-12H2,1-3H3,(H,22,23)/t13-,14+,15+/m0/s1. The van der Waals surface area contributed by atoms with Crippen LogP contribution in [-0.2, 0) is 20.9 Å². The van der Waals surface area contributed by atoms with E-state index in [1.807, 2.05) is 0 Å². The number of benzene rings is 1. The van der Waals surface area contributed by atoms with E-state index in [0.29, 0.717) is 35.5 Å². The quantitative estimate of drug-likeness (QED) is 0.652. The molecule has 1 aromatic rings. The highest BCUT2D eigenvalue weighted by Crippen LogP contribution is 2.49. The van der Waals surface area contributed by atoms with Crippen molar-refractivity contribution in [1.29, 1.82) is 0 Å². The molecule has 0 unspecified atom stereocenters. The van der Waals surface area contributed by atoms with E-state index in [2.05, 4.69) is 5.32 Å². The van der Waals surface area contributed by atoms with Gasteiger partial charge in [0.25, 0.3) is 5.91 Å². The summed E-state index contributed by atoms with van der Waals surface area (Å²) in [6.07, 6.45) is 5.35. The zero-order chi connectivity index (χ0) is 20.1. The summed E-state index contributed by atoms with van der Waals surface area (Å²) in [5, 5.41) is 2.75. The molecule has 28 heavy (non-hydrogen) atoms. The molecule has 2 aliphatic rings. The number of methoxy groups -OCH3 is 3. The fourth-order valence-corrected chi connectivity index (χ4v) is 4.52. The first-order valence-corrected chi connectivity index (χ1v) is 9.75. The first kappa shape index (κ1) is 20.3. The maximum atomic E-state index is 12.1. The zero-order valence-electron chi connectivity index (χ0n) is 16.8. The first-order valence-electron chi connectivity index (χ1n) is 9.75. The van der Waals surface area contributed by atoms with Gasteiger partial charge in [0.1, 0.15) is 5.75 Å². The van der Waals surface area contributed by atoms with Crippen LogP contribution < -0.4 is 19.5 Å². The van der Waals surface area contributed by atoms with Crippen molar-refractivity contribution in [3.63, 3.8) is 0 Å². The molecule has 154 valence electrons. The van der Waals surface area contributed by atoms with Gasteiger partial charge in [-0.25, -0.2) is 0 Å². The lowest BCUT2D eigenvalue weighted by molar-refractivity contribution is -0.149. The molecule has 7 nitrogen and oxygen atoms in total. The number of rotatable bonds is 9. The van der Waals surface area contributed by atoms with E-state index >= 15 is 0 Å². The molecule has 3 rings (SSSR count). The van der Waals surface area contributed by atoms with Crippen LogP contribution in [0.1, 0.15) is 37.7 Å². The Kier molecular flexibility index (Phi) is 6.65. The molecule has 2 aliphatic carbocycles. The Hall–Kier alpha value is -2.44. The third kappa shape index (κ3) is 4.69. The molecule has 7 heteroatoms. The Labute approximate surface area is 165 Å². The molecule has 0 spiro atoms. The van der Waals surface area contributed by atoms with Crippen LogP contribution in [-0.4, -0.2) is 39.8 Å². The smallest absolute Gasteiger partial charge is 0.306 e. The lowest BCUT2D eigenvalue weighted by Crippen LogP contribution is -2.29. The SMILES string of the molecule is COc1cc(OC)c(OC)cc1CNC(=O)COC(=O)C[C@H]1C[C@H]2CC[C@@H]1C2. The van der Waals surface area contributed by atoms with Crippen LogP contribution in [0.25, 0.3) is 0 Å². The maximum Gasteiger partial charge on any atom is 0.306 e. The number of carbonyl (C=O) groups is 2. The number of hydrogen-bond acceptors (Lipinski definition) is 6. The minimum atomic E-state index is -0.349. The minimum absolute atomic E-state index is 0.228. The molecule has 1 N–H and O–H groups in total. The van der Waals surface area contributed by atoms with E-state index in [-0.39, 0.29) is 25.0 Å². The second-order valence-electron chi connectivity index (χ2n) is 7.60. The normalized spacial score (nSPS) is 22.6. The van der Waals surface area contributed by atoms with Crippen molar-refractivity contribution >= 4 is 11.9 Å². The Bertz CT molecular complexity index is 719. The topological polar surface area (TPSA) is 83.1 Å². The second-order valence-corrected chi connectivity index (χ2v) is 7.60. The van der Waals surface area contributed by atoms with Crippen molar-refractivity contribution in [2.24, 2.45) is 17.8 Å². The summed E-state index contributed by atoms with van der Waals surface area (Å²) >= 11 is 0. The molecule has 1 aromatic carbocycles. The van der Waals surface area contributed by atoms with Gasteiger partial charge in [-0.05, 0) is 43.1 Å². The molecule has 0 heterocycles. The van der Waals surface area contributed by atoms with Gasteiger partial charge in [-0.1, -0.05) is 6.42 Å². The van der Waals surface area contributed by atoms with Crippen molar-refractivity contribution in [1.82, 2.24) is 5.32 Å². The molecule has 2 fully saturated rings. The summed E-state index contributed by atoms with van der Waals surface area (Å²) in [6.45, 7) is -0.0401. The van der Waals surface area contributed by atoms with Crippen LogP contribution in [0.5, 0.6) is 17.2 Å². The monoisotopic (exact) mass is 391 g/mol. The Morgan fingerprint density at radius 3 is 2.32 bits per heavy atom. The molecular weight excluding hydrogens is 362 g/mol. The summed E-state index contributed by atoms with van der Waals surface area (Å²) < 4.78 is 21.0. The van der Waals surface area contributed by atoms with Gasteiger partial charge in [0.2, 0.25) is 0 Å². The highest BCUT2D eigenvalue weighted by atomic mass is 16.5. The van der Waals surface area contributed by atoms with Gasteiger partial charge in [-0.2, -0.15) is 0 Å². The van der Waals surface area contributed by atoms with Gasteiger partial charge in [-0.15, -0.1) is 0 Å². The lowest BCUT2D eigenvalue weighted by Gasteiger charge is -2.20. The summed E-state index contributed by atoms with van der Waals surface area (Å²) in [7, 11) is 4.64. The predicted molar refractivity (Wildman–Crippen MR) is 102 cm³/mol. The van der Waals surface area contributed by atoms with Crippen molar-refractivity contribution in [2.45, 2.75) is 38.6 Å². The first-order chi connectivity index (χ1) is 13.5. The van der Waals surface area contributed by atoms with Gasteiger partial charge in [0.15, 0.2) is 18.1 Å². The van der Waals surface area contributed by atoms with Gasteiger partial charge < -0.3 is 24.3 Å². The molecule has 0 saturated heterocycles. The average molecular weight is 391 g/mol. The summed E-state index contributed by atoms with van der Waals surface area (Å²) in [4.78, 5) is 24.1. The van der Waals surface area contributed by atoms with Crippen LogP contribution in [0.3, 0.4) is 0 Å². The summed E-state index contributed by atoms with van der Waals surface area (Å²) in [5.41, 5.74) is 0.738. The number of nitrogens with one attached hydrogen (secondary N) is 1. The molecule has 3 atom stereocenters. The van der Waals surface area contributed by atoms with Gasteiger partial charge in [0.05, 0.1) is 21.3 Å². The maximum absolute atomic E-state index is 12.1. The van der Waals surface area contributed by atoms with Crippen LogP contribution >= 0.6 is 0 Å². The number of carbonyl (C=O) groups excluding carboxylic acids is 2. The number of ether oxygens (including phenoxy) is 4. The largest absolute Gasteiger partial charge is 0.496 e. The summed E-state index contributed by atoms with van der Waals surface area (Å²) in [6, 6.07) is 3.45. The third-order valence-corrected chi connectivity index (χ3v) is 5.94. The third-order valence-electron chi connectivity index (χ3n) is 5.94. The molecule has 0 aromatic heterocycles. The predicted octanol–water partition coefficient (Wildman–Crippen LogP) is 2.70. The van der Waals surface area contributed by atoms with Crippen LogP contribution in [0.4, 0.5) is 0 Å². The molecule has 1 amide bonds. The van der Waals surface area contributed by atoms with Crippen molar-refractivity contribution in [2.75, 3.05) is 27.9 Å². The van der Waals surface area contributed by atoms with Gasteiger partial charge in [-0.3, -0.25) is 9.59 Å². The van der Waals surface area contributed by atoms with Crippen LogP contribution in [0.2, 0.25) is 0 Å². The molecule has 0 radical (unpaired) electrons. The van der Waals surface area contributed by atoms with E-state index in [4.69, 9.17) is 18.9 Å². The highest BCUT2D eigenvalue weighted by Gasteiger charge is 2.40. The Balaban J connectivity index is 1.45. The number of fused-ring (bicyclic) bond motifs is 2. The number of amides is 1. The van der Waals surface area contributed by atoms with E-state index in [0.717, 1.165) is 17.9 Å².